The number of carbonyl (C=O) groups is 6. The Morgan fingerprint density at radius 1 is 0.759 bits per heavy atom. The van der Waals surface area contributed by atoms with Crippen LogP contribution in [0.4, 0.5) is 26.4 Å². The summed E-state index contributed by atoms with van der Waals surface area (Å²) in [6.07, 6.45) is 8.67. The predicted octanol–water partition coefficient (Wildman–Crippen LogP) is 6.89. The lowest BCUT2D eigenvalue weighted by Gasteiger charge is -2.13. The number of aliphatic carboxylic acids is 1. The summed E-state index contributed by atoms with van der Waals surface area (Å²) in [5.41, 5.74) is 8.96. The average Bonchev–Trinajstić information content (AvgIpc) is 3.60. The van der Waals surface area contributed by atoms with Crippen molar-refractivity contribution in [3.63, 3.8) is 0 Å². The quantitative estimate of drug-likeness (QED) is 0.0346. The van der Waals surface area contributed by atoms with E-state index in [4.69, 9.17) is 10.8 Å². The molecule has 15 nitrogen and oxygen atoms in total. The van der Waals surface area contributed by atoms with E-state index in [2.05, 4.69) is 36.8 Å². The Balaban J connectivity index is 1.07. The third-order valence-electron chi connectivity index (χ3n) is 9.47. The summed E-state index contributed by atoms with van der Waals surface area (Å²) in [5, 5.41) is 30.6. The molecular weight excluding hydrogens is 748 g/mol. The number of nitrogens with two attached hydrogens (primary N) is 1. The molecule has 310 valence electrons. The van der Waals surface area contributed by atoms with Crippen LogP contribution < -0.4 is 32.3 Å². The molecule has 0 aliphatic rings. The molecule has 58 heavy (non-hydrogen) atoms. The number of benzene rings is 3. The van der Waals surface area contributed by atoms with Crippen molar-refractivity contribution in [3.8, 4) is 11.1 Å². The van der Waals surface area contributed by atoms with Gasteiger partial charge in [-0.15, -0.1) is 0 Å². The molecule has 6 amide bonds. The number of amides is 6. The van der Waals surface area contributed by atoms with E-state index in [1.807, 2.05) is 37.3 Å². The molecule has 0 aliphatic heterocycles. The summed E-state index contributed by atoms with van der Waals surface area (Å²) < 4.78 is 14.1. The average molecular weight is 801 g/mol. The Morgan fingerprint density at radius 3 is 2.12 bits per heavy atom. The van der Waals surface area contributed by atoms with Gasteiger partial charge in [-0.1, -0.05) is 75.3 Å². The molecule has 3 aromatic carbocycles. The zero-order valence-electron chi connectivity index (χ0n) is 32.8. The van der Waals surface area contributed by atoms with Gasteiger partial charge < -0.3 is 37.4 Å². The molecule has 1 atom stereocenters. The highest BCUT2D eigenvalue weighted by Crippen LogP contribution is 2.33. The van der Waals surface area contributed by atoms with Crippen molar-refractivity contribution in [2.45, 2.75) is 103 Å². The second kappa shape index (κ2) is 23.0. The van der Waals surface area contributed by atoms with E-state index in [9.17, 15) is 33.2 Å². The number of urea groups is 1. The summed E-state index contributed by atoms with van der Waals surface area (Å²) in [6, 6.07) is 15.6. The monoisotopic (exact) mass is 800 g/mol. The van der Waals surface area contributed by atoms with Crippen LogP contribution in [0.25, 0.3) is 22.0 Å². The number of anilines is 3. The molecule has 1 heterocycles. The number of carbonyl (C=O) groups excluding carboxylic acids is 5. The van der Waals surface area contributed by atoms with Crippen molar-refractivity contribution in [2.75, 3.05) is 22.5 Å². The van der Waals surface area contributed by atoms with Crippen LogP contribution >= 0.6 is 0 Å². The van der Waals surface area contributed by atoms with Crippen LogP contribution in [-0.2, 0) is 24.0 Å². The number of hydrogen-bond acceptors (Lipinski definition) is 7. The van der Waals surface area contributed by atoms with Gasteiger partial charge in [0.05, 0.1) is 16.6 Å². The van der Waals surface area contributed by atoms with Gasteiger partial charge in [-0.2, -0.15) is 5.10 Å². The maximum absolute atomic E-state index is 14.1. The molecule has 0 saturated heterocycles. The van der Waals surface area contributed by atoms with Crippen LogP contribution in [0.2, 0.25) is 0 Å². The third kappa shape index (κ3) is 15.0. The van der Waals surface area contributed by atoms with Gasteiger partial charge in [0.2, 0.25) is 23.6 Å². The molecule has 0 aliphatic carbocycles. The number of nitrogens with one attached hydrogen (secondary N) is 6. The van der Waals surface area contributed by atoms with E-state index in [-0.39, 0.29) is 43.2 Å². The van der Waals surface area contributed by atoms with Crippen LogP contribution in [0.15, 0.2) is 60.7 Å². The Hall–Kier alpha value is -6.32. The molecule has 0 saturated carbocycles. The summed E-state index contributed by atoms with van der Waals surface area (Å²) >= 11 is 0. The van der Waals surface area contributed by atoms with Crippen molar-refractivity contribution in [2.24, 2.45) is 5.73 Å². The fourth-order valence-electron chi connectivity index (χ4n) is 6.35. The van der Waals surface area contributed by atoms with Gasteiger partial charge in [0.15, 0.2) is 5.82 Å². The minimum Gasteiger partial charge on any atom is -0.480 e. The maximum Gasteiger partial charge on any atom is 0.326 e. The normalized spacial score (nSPS) is 11.4. The molecule has 1 aromatic heterocycles. The summed E-state index contributed by atoms with van der Waals surface area (Å²) in [7, 11) is 0. The van der Waals surface area contributed by atoms with Gasteiger partial charge in [-0.3, -0.25) is 24.3 Å². The maximum atomic E-state index is 14.1. The van der Waals surface area contributed by atoms with E-state index < -0.39 is 35.7 Å². The Labute approximate surface area is 336 Å². The van der Waals surface area contributed by atoms with Crippen LogP contribution in [0.1, 0.15) is 95.5 Å². The van der Waals surface area contributed by atoms with Gasteiger partial charge in [-0.25, -0.2) is 14.0 Å². The van der Waals surface area contributed by atoms with E-state index in [0.717, 1.165) is 85.4 Å². The highest BCUT2D eigenvalue weighted by atomic mass is 19.1. The highest BCUT2D eigenvalue weighted by Gasteiger charge is 2.21. The number of H-pyrrole nitrogens is 1. The first-order valence-corrected chi connectivity index (χ1v) is 19.7. The standard InChI is InChI=1S/C42H53FN8O7/c1-27-15-20-31(43)34(26-27)48-42(58)46-29-18-16-28(17-19-29)30-12-11-13-32-39(30)40(51-50-32)49-37(54)14-9-7-5-3-2-4-6-8-10-25-45-36(53)23-24-38(55)47-33(41(56)57)21-22-35(44)52/h11-13,15-20,26,33H,2-10,14,21-25H2,1H3,(H2,44,52)(H,45,53)(H,47,55)(H,56,57)(H2,46,48,58)(H2,49,50,51,54)/t33-/m0/s1. The van der Waals surface area contributed by atoms with Gasteiger partial charge in [0, 0.05) is 37.9 Å². The number of rotatable bonds is 24. The smallest absolute Gasteiger partial charge is 0.326 e. The van der Waals surface area contributed by atoms with Crippen molar-refractivity contribution < 1.29 is 38.3 Å². The molecule has 9 N–H and O–H groups in total. The predicted molar refractivity (Wildman–Crippen MR) is 220 cm³/mol. The van der Waals surface area contributed by atoms with E-state index in [1.54, 1.807) is 24.3 Å². The van der Waals surface area contributed by atoms with Crippen molar-refractivity contribution in [3.05, 3.63) is 72.0 Å². The molecule has 16 heteroatoms. The fraction of sp³-hybridized carbons (Fsp3) is 0.405. The lowest BCUT2D eigenvalue weighted by atomic mass is 10.0. The highest BCUT2D eigenvalue weighted by molar-refractivity contribution is 6.07. The molecule has 0 spiro atoms. The lowest BCUT2D eigenvalue weighted by molar-refractivity contribution is -0.142. The van der Waals surface area contributed by atoms with Crippen LogP contribution in [0, 0.1) is 12.7 Å². The molecule has 4 rings (SSSR count). The Morgan fingerprint density at radius 2 is 1.43 bits per heavy atom. The molecule has 0 radical (unpaired) electrons. The molecule has 0 bridgehead atoms. The van der Waals surface area contributed by atoms with Crippen molar-refractivity contribution in [1.82, 2.24) is 20.8 Å². The number of nitrogens with zero attached hydrogens (tertiary/aromatic N) is 1. The zero-order chi connectivity index (χ0) is 41.9. The molecule has 0 unspecified atom stereocenters. The molecule has 0 fully saturated rings. The SMILES string of the molecule is Cc1ccc(F)c(NC(=O)Nc2ccc(-c3cccc4[nH]nc(NC(=O)CCCCCCCCCCCNC(=O)CCC(=O)N[C@@H](CCC(N)=O)C(=O)O)c34)cc2)c1. The largest absolute Gasteiger partial charge is 0.480 e. The van der Waals surface area contributed by atoms with Gasteiger partial charge in [0.25, 0.3) is 0 Å². The number of halogens is 1. The van der Waals surface area contributed by atoms with Crippen molar-refractivity contribution in [1.29, 1.82) is 0 Å². The summed E-state index contributed by atoms with van der Waals surface area (Å²) in [6.45, 7) is 2.31. The van der Waals surface area contributed by atoms with Gasteiger partial charge in [-0.05, 0) is 73.2 Å². The number of fused-ring (bicyclic) bond motifs is 1. The van der Waals surface area contributed by atoms with Crippen LogP contribution in [0.3, 0.4) is 0 Å². The Bertz CT molecular complexity index is 2040. The third-order valence-corrected chi connectivity index (χ3v) is 9.47. The number of aromatic amines is 1. The van der Waals surface area contributed by atoms with E-state index in [1.165, 1.54) is 6.07 Å². The summed E-state index contributed by atoms with van der Waals surface area (Å²) in [4.78, 5) is 71.6. The zero-order valence-corrected chi connectivity index (χ0v) is 32.8. The minimum atomic E-state index is -1.27. The first-order chi connectivity index (χ1) is 27.9. The van der Waals surface area contributed by atoms with E-state index >= 15 is 0 Å². The number of hydrogen-bond donors (Lipinski definition) is 8. The molecule has 4 aromatic rings. The second-order valence-corrected chi connectivity index (χ2v) is 14.2. The fourth-order valence-corrected chi connectivity index (χ4v) is 6.35. The molecular formula is C42H53FN8O7. The lowest BCUT2D eigenvalue weighted by Crippen LogP contribution is -2.41. The number of primary amides is 1. The van der Waals surface area contributed by atoms with Gasteiger partial charge in [0.1, 0.15) is 11.9 Å². The first-order valence-electron chi connectivity index (χ1n) is 19.7. The number of carboxylic acids is 1. The number of unbranched alkanes of at least 4 members (excludes halogenated alkanes) is 8. The van der Waals surface area contributed by atoms with E-state index in [0.29, 0.717) is 24.5 Å². The topological polar surface area (TPSA) is 237 Å². The second-order valence-electron chi connectivity index (χ2n) is 14.2. The first kappa shape index (κ1) is 44.4. The van der Waals surface area contributed by atoms with Crippen LogP contribution in [0.5, 0.6) is 0 Å². The summed E-state index contributed by atoms with van der Waals surface area (Å²) in [5.74, 6) is -2.97. The number of carboxylic acid groups (broad SMARTS) is 1. The van der Waals surface area contributed by atoms with Crippen molar-refractivity contribution >= 4 is 63.7 Å². The van der Waals surface area contributed by atoms with Crippen LogP contribution in [-0.4, -0.2) is 63.5 Å². The number of aromatic nitrogens is 2. The van der Waals surface area contributed by atoms with Gasteiger partial charge >= 0.3 is 12.0 Å². The number of aryl methyl sites for hydroxylation is 1. The Kier molecular flexibility index (Phi) is 17.6. The minimum absolute atomic E-state index is 0.0586.